The topological polar surface area (TPSA) is 96.7 Å². The molecule has 0 atom stereocenters. The Hall–Kier alpha value is -3.17. The van der Waals surface area contributed by atoms with Crippen molar-refractivity contribution >= 4 is 11.9 Å². The quantitative estimate of drug-likeness (QED) is 0.813. The summed E-state index contributed by atoms with van der Waals surface area (Å²) >= 11 is 0. The van der Waals surface area contributed by atoms with Crippen molar-refractivity contribution in [2.24, 2.45) is 0 Å². The predicted octanol–water partition coefficient (Wildman–Crippen LogP) is 2.98. The van der Waals surface area contributed by atoms with Crippen molar-refractivity contribution in [1.82, 2.24) is 4.98 Å². The largest absolute Gasteiger partial charge is 0.490 e. The number of ether oxygens (including phenoxy) is 1. The summed E-state index contributed by atoms with van der Waals surface area (Å²) < 4.78 is 50.1. The second-order valence-corrected chi connectivity index (χ2v) is 4.34. The average molecular weight is 361 g/mol. The summed E-state index contributed by atoms with van der Waals surface area (Å²) in [6, 6.07) is 9.42. The van der Waals surface area contributed by atoms with Crippen molar-refractivity contribution in [3.8, 4) is 17.0 Å². The molecule has 1 aromatic heterocycles. The van der Waals surface area contributed by atoms with Gasteiger partial charge in [-0.15, -0.1) is 0 Å². The summed E-state index contributed by atoms with van der Waals surface area (Å²) in [5, 5.41) is 15.6. The maximum atomic E-state index is 13.5. The van der Waals surface area contributed by atoms with Crippen molar-refractivity contribution < 1.29 is 42.1 Å². The lowest BCUT2D eigenvalue weighted by molar-refractivity contribution is -0.192. The van der Waals surface area contributed by atoms with E-state index < -0.39 is 24.7 Å². The van der Waals surface area contributed by atoms with Crippen LogP contribution >= 0.6 is 0 Å². The molecule has 0 fully saturated rings. The number of carbonyl (C=O) groups is 2. The van der Waals surface area contributed by atoms with E-state index >= 15 is 0 Å². The van der Waals surface area contributed by atoms with Gasteiger partial charge in [-0.2, -0.15) is 13.2 Å². The van der Waals surface area contributed by atoms with E-state index in [1.54, 1.807) is 30.3 Å². The molecular weight excluding hydrogens is 350 g/mol. The van der Waals surface area contributed by atoms with Crippen LogP contribution in [-0.4, -0.2) is 39.9 Å². The number of hydrogen-bond donors (Lipinski definition) is 2. The van der Waals surface area contributed by atoms with Gasteiger partial charge in [0.2, 0.25) is 0 Å². The highest BCUT2D eigenvalue weighted by molar-refractivity contribution is 5.73. The molecule has 0 saturated carbocycles. The number of carboxylic acids is 2. The van der Waals surface area contributed by atoms with Gasteiger partial charge in [0.1, 0.15) is 11.6 Å². The van der Waals surface area contributed by atoms with Gasteiger partial charge in [0, 0.05) is 5.56 Å². The molecule has 10 heteroatoms. The molecule has 2 aromatic rings. The minimum atomic E-state index is -5.08. The molecule has 0 saturated heterocycles. The van der Waals surface area contributed by atoms with Gasteiger partial charge < -0.3 is 14.9 Å². The van der Waals surface area contributed by atoms with Crippen LogP contribution in [0, 0.1) is 5.82 Å². The highest BCUT2D eigenvalue weighted by Gasteiger charge is 2.38. The Labute approximate surface area is 138 Å². The van der Waals surface area contributed by atoms with Gasteiger partial charge >= 0.3 is 18.1 Å². The highest BCUT2D eigenvalue weighted by Crippen LogP contribution is 2.22. The molecule has 0 bridgehead atoms. The Morgan fingerprint density at radius 3 is 2.12 bits per heavy atom. The van der Waals surface area contributed by atoms with Gasteiger partial charge in [-0.25, -0.2) is 14.0 Å². The molecule has 0 spiro atoms. The van der Waals surface area contributed by atoms with E-state index in [-0.39, 0.29) is 5.82 Å². The van der Waals surface area contributed by atoms with E-state index in [9.17, 15) is 22.4 Å². The Morgan fingerprint density at radius 2 is 1.68 bits per heavy atom. The van der Waals surface area contributed by atoms with Crippen molar-refractivity contribution in [3.05, 3.63) is 48.4 Å². The zero-order valence-corrected chi connectivity index (χ0v) is 12.3. The smallest absolute Gasteiger partial charge is 0.480 e. The Kier molecular flexibility index (Phi) is 6.85. The Balaban J connectivity index is 0.000000381. The average Bonchev–Trinajstić information content (AvgIpc) is 2.53. The van der Waals surface area contributed by atoms with Crippen LogP contribution in [-0.2, 0) is 9.59 Å². The number of carboxylic acid groups (broad SMARTS) is 2. The molecule has 0 aliphatic heterocycles. The summed E-state index contributed by atoms with van der Waals surface area (Å²) in [6.07, 6.45) is -3.72. The van der Waals surface area contributed by atoms with Crippen molar-refractivity contribution in [2.45, 2.75) is 6.18 Å². The lowest BCUT2D eigenvalue weighted by atomic mass is 10.1. The monoisotopic (exact) mass is 361 g/mol. The van der Waals surface area contributed by atoms with Gasteiger partial charge in [0.15, 0.2) is 6.61 Å². The van der Waals surface area contributed by atoms with E-state index in [4.69, 9.17) is 19.7 Å². The number of hydrogen-bond acceptors (Lipinski definition) is 4. The molecule has 6 nitrogen and oxygen atoms in total. The van der Waals surface area contributed by atoms with E-state index in [0.717, 1.165) is 0 Å². The SMILES string of the molecule is O=C(O)C(F)(F)F.O=C(O)COc1ccc(-c2ccccc2F)nc1. The first kappa shape index (κ1) is 19.9. The van der Waals surface area contributed by atoms with Crippen molar-refractivity contribution in [3.63, 3.8) is 0 Å². The van der Waals surface area contributed by atoms with Crippen LogP contribution in [0.1, 0.15) is 0 Å². The van der Waals surface area contributed by atoms with Crippen LogP contribution in [0.3, 0.4) is 0 Å². The predicted molar refractivity (Wildman–Crippen MR) is 76.5 cm³/mol. The van der Waals surface area contributed by atoms with Gasteiger partial charge in [-0.05, 0) is 24.3 Å². The lowest BCUT2D eigenvalue weighted by Gasteiger charge is -2.05. The van der Waals surface area contributed by atoms with Crippen molar-refractivity contribution in [1.29, 1.82) is 0 Å². The molecule has 2 rings (SSSR count). The van der Waals surface area contributed by atoms with Crippen LogP contribution in [0.25, 0.3) is 11.3 Å². The molecule has 0 radical (unpaired) electrons. The molecule has 2 N–H and O–H groups in total. The summed E-state index contributed by atoms with van der Waals surface area (Å²) in [7, 11) is 0. The number of pyridine rings is 1. The standard InChI is InChI=1S/C13H10FNO3.C2HF3O2/c14-11-4-2-1-3-10(11)12-6-5-9(7-15-12)18-8-13(16)17;3-2(4,5)1(6)7/h1-7H,8H2,(H,16,17);(H,6,7). The number of nitrogens with zero attached hydrogens (tertiary/aromatic N) is 1. The van der Waals surface area contributed by atoms with Gasteiger partial charge in [0.25, 0.3) is 0 Å². The first-order chi connectivity index (χ1) is 11.6. The third-order valence-corrected chi connectivity index (χ3v) is 2.49. The number of rotatable bonds is 4. The van der Waals surface area contributed by atoms with E-state index in [0.29, 0.717) is 17.0 Å². The van der Waals surface area contributed by atoms with Gasteiger partial charge in [0.05, 0.1) is 11.9 Å². The van der Waals surface area contributed by atoms with E-state index in [1.165, 1.54) is 12.3 Å². The minimum Gasteiger partial charge on any atom is -0.480 e. The third kappa shape index (κ3) is 6.85. The molecule has 1 heterocycles. The van der Waals surface area contributed by atoms with E-state index in [1.807, 2.05) is 0 Å². The molecular formula is C15H11F4NO5. The van der Waals surface area contributed by atoms with Crippen LogP contribution in [0.2, 0.25) is 0 Å². The summed E-state index contributed by atoms with van der Waals surface area (Å²) in [6.45, 7) is -0.430. The molecule has 0 amide bonds. The molecule has 0 aliphatic rings. The first-order valence-corrected chi connectivity index (χ1v) is 6.47. The molecule has 134 valence electrons. The van der Waals surface area contributed by atoms with Crippen LogP contribution < -0.4 is 4.74 Å². The molecule has 1 aromatic carbocycles. The maximum Gasteiger partial charge on any atom is 0.490 e. The first-order valence-electron chi connectivity index (χ1n) is 6.47. The van der Waals surface area contributed by atoms with Crippen molar-refractivity contribution in [2.75, 3.05) is 6.61 Å². The molecule has 0 aliphatic carbocycles. The Morgan fingerprint density at radius 1 is 1.08 bits per heavy atom. The summed E-state index contributed by atoms with van der Waals surface area (Å²) in [4.78, 5) is 23.2. The molecule has 0 unspecified atom stereocenters. The summed E-state index contributed by atoms with van der Waals surface area (Å²) in [5.74, 6) is -3.85. The number of halogens is 4. The lowest BCUT2D eigenvalue weighted by Crippen LogP contribution is -2.21. The van der Waals surface area contributed by atoms with Gasteiger partial charge in [-0.3, -0.25) is 4.98 Å². The normalized spacial score (nSPS) is 10.4. The molecule has 25 heavy (non-hydrogen) atoms. The zero-order valence-electron chi connectivity index (χ0n) is 12.3. The van der Waals surface area contributed by atoms with Crippen LogP contribution in [0.5, 0.6) is 5.75 Å². The minimum absolute atomic E-state index is 0.331. The number of alkyl halides is 3. The fourth-order valence-corrected chi connectivity index (χ4v) is 1.44. The number of aromatic nitrogens is 1. The second kappa shape index (κ2) is 8.62. The fourth-order valence-electron chi connectivity index (χ4n) is 1.44. The zero-order chi connectivity index (χ0) is 19.0. The highest BCUT2D eigenvalue weighted by atomic mass is 19.4. The number of benzene rings is 1. The summed E-state index contributed by atoms with van der Waals surface area (Å²) in [5.41, 5.74) is 0.859. The van der Waals surface area contributed by atoms with Gasteiger partial charge in [-0.1, -0.05) is 12.1 Å². The number of aliphatic carboxylic acids is 2. The second-order valence-electron chi connectivity index (χ2n) is 4.34. The van der Waals surface area contributed by atoms with Crippen LogP contribution in [0.4, 0.5) is 17.6 Å². The van der Waals surface area contributed by atoms with Crippen LogP contribution in [0.15, 0.2) is 42.6 Å². The third-order valence-electron chi connectivity index (χ3n) is 2.49. The Bertz CT molecular complexity index is 731. The maximum absolute atomic E-state index is 13.5. The fraction of sp³-hybridized carbons (Fsp3) is 0.133. The van der Waals surface area contributed by atoms with E-state index in [2.05, 4.69) is 4.98 Å².